The molecule has 4 atom stereocenters. The molecule has 4 unspecified atom stereocenters. The van der Waals surface area contributed by atoms with Crippen molar-refractivity contribution in [2.24, 2.45) is 11.8 Å². The smallest absolute Gasteiger partial charge is 0.309 e. The highest BCUT2D eigenvalue weighted by Gasteiger charge is 2.21. The molecule has 0 rings (SSSR count). The molecule has 0 aliphatic carbocycles. The van der Waals surface area contributed by atoms with Crippen molar-refractivity contribution in [1.29, 1.82) is 0 Å². The Balaban J connectivity index is 4.13. The molecular weight excluding hydrogens is 344 g/mol. The van der Waals surface area contributed by atoms with Crippen LogP contribution in [0.15, 0.2) is 0 Å². The maximum atomic E-state index is 12.2. The largest absolute Gasteiger partial charge is 0.463 e. The van der Waals surface area contributed by atoms with E-state index in [9.17, 15) is 9.59 Å². The first-order chi connectivity index (χ1) is 12.9. The second-order valence-electron chi connectivity index (χ2n) is 7.52. The van der Waals surface area contributed by atoms with Crippen molar-refractivity contribution in [3.05, 3.63) is 0 Å². The summed E-state index contributed by atoms with van der Waals surface area (Å²) in [7, 11) is 0. The lowest BCUT2D eigenvalue weighted by Gasteiger charge is -2.21. The van der Waals surface area contributed by atoms with Crippen LogP contribution in [0, 0.1) is 11.8 Å². The van der Waals surface area contributed by atoms with Crippen LogP contribution in [-0.2, 0) is 23.8 Å². The number of ether oxygens (including phenoxy) is 3. The van der Waals surface area contributed by atoms with E-state index in [-0.39, 0.29) is 42.6 Å². The Morgan fingerprint density at radius 2 is 1.26 bits per heavy atom. The Labute approximate surface area is 166 Å². The van der Waals surface area contributed by atoms with Crippen molar-refractivity contribution in [2.75, 3.05) is 13.2 Å². The summed E-state index contributed by atoms with van der Waals surface area (Å²) in [5.74, 6) is -0.323. The number of hydrogen-bond acceptors (Lipinski definition) is 5. The van der Waals surface area contributed by atoms with Crippen LogP contribution in [0.2, 0.25) is 0 Å². The van der Waals surface area contributed by atoms with Crippen molar-refractivity contribution >= 4 is 11.9 Å². The Bertz CT molecular complexity index is 396. The SMILES string of the molecule is CCCCC(CC)C(=O)OCC(C)OCC(C)OC(=O)C(CC)CCCC. The predicted octanol–water partition coefficient (Wildman–Crippen LogP) is 5.30. The number of hydrogen-bond donors (Lipinski definition) is 0. The molecule has 0 aromatic carbocycles. The summed E-state index contributed by atoms with van der Waals surface area (Å²) in [6.45, 7) is 12.5. The van der Waals surface area contributed by atoms with Crippen molar-refractivity contribution in [1.82, 2.24) is 0 Å². The average Bonchev–Trinajstić information content (AvgIpc) is 2.65. The minimum Gasteiger partial charge on any atom is -0.463 e. The first kappa shape index (κ1) is 25.9. The van der Waals surface area contributed by atoms with E-state index in [1.165, 1.54) is 0 Å². The van der Waals surface area contributed by atoms with Gasteiger partial charge in [0.25, 0.3) is 0 Å². The number of esters is 2. The van der Waals surface area contributed by atoms with Crippen LogP contribution in [0.25, 0.3) is 0 Å². The second-order valence-corrected chi connectivity index (χ2v) is 7.52. The fourth-order valence-electron chi connectivity index (χ4n) is 2.87. The number of carbonyl (C=O) groups is 2. The monoisotopic (exact) mass is 386 g/mol. The quantitative estimate of drug-likeness (QED) is 0.337. The van der Waals surface area contributed by atoms with E-state index in [1.54, 1.807) is 0 Å². The van der Waals surface area contributed by atoms with Crippen molar-refractivity contribution in [2.45, 2.75) is 105 Å². The zero-order valence-electron chi connectivity index (χ0n) is 18.4. The minimum atomic E-state index is -0.306. The van der Waals surface area contributed by atoms with Gasteiger partial charge in [-0.2, -0.15) is 0 Å². The van der Waals surface area contributed by atoms with E-state index in [4.69, 9.17) is 14.2 Å². The molecule has 0 fully saturated rings. The summed E-state index contributed by atoms with van der Waals surface area (Å²) in [6.07, 6.45) is 7.07. The van der Waals surface area contributed by atoms with E-state index >= 15 is 0 Å². The topological polar surface area (TPSA) is 61.8 Å². The molecule has 0 aromatic rings. The van der Waals surface area contributed by atoms with Crippen LogP contribution in [0.1, 0.15) is 92.9 Å². The summed E-state index contributed by atoms with van der Waals surface area (Å²) >= 11 is 0. The lowest BCUT2D eigenvalue weighted by atomic mass is 10.00. The van der Waals surface area contributed by atoms with Gasteiger partial charge in [-0.05, 0) is 39.5 Å². The van der Waals surface area contributed by atoms with Crippen LogP contribution in [-0.4, -0.2) is 37.4 Å². The maximum Gasteiger partial charge on any atom is 0.309 e. The Morgan fingerprint density at radius 3 is 1.74 bits per heavy atom. The van der Waals surface area contributed by atoms with Crippen LogP contribution in [0.3, 0.4) is 0 Å². The van der Waals surface area contributed by atoms with Crippen molar-refractivity contribution in [3.63, 3.8) is 0 Å². The molecule has 0 amide bonds. The molecule has 0 heterocycles. The zero-order chi connectivity index (χ0) is 20.7. The van der Waals surface area contributed by atoms with Gasteiger partial charge in [0, 0.05) is 0 Å². The molecule has 0 aromatic heterocycles. The van der Waals surface area contributed by atoms with E-state index in [0.717, 1.165) is 51.4 Å². The lowest BCUT2D eigenvalue weighted by Crippen LogP contribution is -2.29. The third-order valence-corrected chi connectivity index (χ3v) is 4.86. The molecule has 0 aliphatic heterocycles. The van der Waals surface area contributed by atoms with Gasteiger partial charge in [-0.25, -0.2) is 0 Å². The third kappa shape index (κ3) is 12.1. The highest BCUT2D eigenvalue weighted by Crippen LogP contribution is 2.16. The molecule has 0 N–H and O–H groups in total. The van der Waals surface area contributed by atoms with Crippen LogP contribution in [0.4, 0.5) is 0 Å². The normalized spacial score (nSPS) is 15.6. The molecule has 0 radical (unpaired) electrons. The van der Waals surface area contributed by atoms with Crippen LogP contribution < -0.4 is 0 Å². The molecule has 0 bridgehead atoms. The first-order valence-electron chi connectivity index (χ1n) is 10.9. The molecule has 0 saturated carbocycles. The van der Waals surface area contributed by atoms with Gasteiger partial charge in [-0.1, -0.05) is 53.4 Å². The molecule has 5 heteroatoms. The molecule has 0 aliphatic rings. The second kappa shape index (κ2) is 15.9. The number of rotatable bonds is 16. The van der Waals surface area contributed by atoms with Gasteiger partial charge in [0.05, 0.1) is 24.5 Å². The highest BCUT2D eigenvalue weighted by atomic mass is 16.6. The van der Waals surface area contributed by atoms with Crippen LogP contribution in [0.5, 0.6) is 0 Å². The Hall–Kier alpha value is -1.10. The Morgan fingerprint density at radius 1 is 0.741 bits per heavy atom. The van der Waals surface area contributed by atoms with Gasteiger partial charge in [-0.15, -0.1) is 0 Å². The van der Waals surface area contributed by atoms with Crippen molar-refractivity contribution < 1.29 is 23.8 Å². The van der Waals surface area contributed by atoms with E-state index in [0.29, 0.717) is 6.61 Å². The molecule has 27 heavy (non-hydrogen) atoms. The molecular formula is C22H42O5. The van der Waals surface area contributed by atoms with E-state index in [1.807, 2.05) is 27.7 Å². The van der Waals surface area contributed by atoms with Gasteiger partial charge in [0.15, 0.2) is 0 Å². The first-order valence-corrected chi connectivity index (χ1v) is 10.9. The summed E-state index contributed by atoms with van der Waals surface area (Å²) in [6, 6.07) is 0. The van der Waals surface area contributed by atoms with Gasteiger partial charge >= 0.3 is 11.9 Å². The fourth-order valence-corrected chi connectivity index (χ4v) is 2.87. The Kier molecular flexibility index (Phi) is 15.3. The third-order valence-electron chi connectivity index (χ3n) is 4.86. The minimum absolute atomic E-state index is 0.0221. The number of unbranched alkanes of at least 4 members (excludes halogenated alkanes) is 2. The molecule has 5 nitrogen and oxygen atoms in total. The average molecular weight is 387 g/mol. The maximum absolute atomic E-state index is 12.2. The van der Waals surface area contributed by atoms with E-state index < -0.39 is 0 Å². The lowest BCUT2D eigenvalue weighted by molar-refractivity contribution is -0.159. The highest BCUT2D eigenvalue weighted by molar-refractivity contribution is 5.72. The van der Waals surface area contributed by atoms with E-state index in [2.05, 4.69) is 13.8 Å². The summed E-state index contributed by atoms with van der Waals surface area (Å²) < 4.78 is 16.6. The standard InChI is InChI=1S/C22H42O5/c1-7-11-13-19(9-3)21(23)26-15-17(5)25-16-18(6)27-22(24)20(10-4)14-12-8-2/h17-20H,7-16H2,1-6H3. The fraction of sp³-hybridized carbons (Fsp3) is 0.909. The van der Waals surface area contributed by atoms with Gasteiger partial charge in [0.2, 0.25) is 0 Å². The summed E-state index contributed by atoms with van der Waals surface area (Å²) in [5.41, 5.74) is 0. The predicted molar refractivity (Wildman–Crippen MR) is 109 cm³/mol. The van der Waals surface area contributed by atoms with Crippen molar-refractivity contribution in [3.8, 4) is 0 Å². The summed E-state index contributed by atoms with van der Waals surface area (Å²) in [4.78, 5) is 24.3. The molecule has 160 valence electrons. The molecule has 0 spiro atoms. The summed E-state index contributed by atoms with van der Waals surface area (Å²) in [5, 5.41) is 0. The molecule has 0 saturated heterocycles. The number of carbonyl (C=O) groups excluding carboxylic acids is 2. The van der Waals surface area contributed by atoms with Gasteiger partial charge in [-0.3, -0.25) is 9.59 Å². The van der Waals surface area contributed by atoms with Gasteiger partial charge < -0.3 is 14.2 Å². The zero-order valence-corrected chi connectivity index (χ0v) is 18.4. The van der Waals surface area contributed by atoms with Gasteiger partial charge in [0.1, 0.15) is 12.7 Å². The van der Waals surface area contributed by atoms with Crippen LogP contribution >= 0.6 is 0 Å².